The predicted molar refractivity (Wildman–Crippen MR) is 101 cm³/mol. The van der Waals surface area contributed by atoms with Crippen LogP contribution in [0.25, 0.3) is 0 Å². The van der Waals surface area contributed by atoms with Gasteiger partial charge in [0.05, 0.1) is 23.7 Å². The van der Waals surface area contributed by atoms with Gasteiger partial charge in [0.25, 0.3) is 5.91 Å². The van der Waals surface area contributed by atoms with Crippen LogP contribution in [0.1, 0.15) is 18.1 Å². The predicted octanol–water partition coefficient (Wildman–Crippen LogP) is 3.76. The number of anilines is 2. The first-order valence-electron chi connectivity index (χ1n) is 8.56. The Morgan fingerprint density at radius 2 is 1.77 bits per heavy atom. The van der Waals surface area contributed by atoms with E-state index in [0.29, 0.717) is 29.4 Å². The maximum Gasteiger partial charge on any atom is 0.337 e. The SMILES string of the molecule is CCOc1ccc(N2C(=O)C3C=Nc4cc(C)c(C)cc4N3C2=O)cc1. The summed E-state index contributed by atoms with van der Waals surface area (Å²) >= 11 is 0. The molecular weight excluding hydrogens is 330 g/mol. The van der Waals surface area contributed by atoms with Gasteiger partial charge in [-0.1, -0.05) is 0 Å². The lowest BCUT2D eigenvalue weighted by molar-refractivity contribution is -0.116. The molecule has 2 aromatic rings. The van der Waals surface area contributed by atoms with Crippen molar-refractivity contribution in [1.29, 1.82) is 0 Å². The molecule has 1 saturated heterocycles. The summed E-state index contributed by atoms with van der Waals surface area (Å²) in [6, 6.07) is 9.74. The number of hydrogen-bond acceptors (Lipinski definition) is 4. The first kappa shape index (κ1) is 16.3. The van der Waals surface area contributed by atoms with Crippen molar-refractivity contribution in [3.8, 4) is 5.75 Å². The van der Waals surface area contributed by atoms with Gasteiger partial charge in [-0.15, -0.1) is 0 Å². The Hall–Kier alpha value is -3.15. The minimum atomic E-state index is -0.705. The van der Waals surface area contributed by atoms with Gasteiger partial charge in [-0.05, 0) is 68.3 Å². The van der Waals surface area contributed by atoms with Gasteiger partial charge >= 0.3 is 6.03 Å². The van der Waals surface area contributed by atoms with Crippen LogP contribution in [0.15, 0.2) is 41.4 Å². The number of imide groups is 1. The number of urea groups is 1. The molecule has 2 aliphatic rings. The second kappa shape index (κ2) is 5.98. The van der Waals surface area contributed by atoms with Crippen LogP contribution in [-0.2, 0) is 4.79 Å². The molecule has 0 saturated carbocycles. The molecule has 2 aliphatic heterocycles. The molecule has 6 heteroatoms. The van der Waals surface area contributed by atoms with E-state index in [1.165, 1.54) is 9.80 Å². The average Bonchev–Trinajstić information content (AvgIpc) is 2.88. The van der Waals surface area contributed by atoms with Gasteiger partial charge in [0.2, 0.25) is 0 Å². The zero-order valence-electron chi connectivity index (χ0n) is 14.9. The van der Waals surface area contributed by atoms with Crippen molar-refractivity contribution in [3.05, 3.63) is 47.5 Å². The lowest BCUT2D eigenvalue weighted by atomic mass is 10.1. The summed E-state index contributed by atoms with van der Waals surface area (Å²) in [5.41, 5.74) is 4.06. The standard InChI is InChI=1S/C20H19N3O3/c1-4-26-15-7-5-14(6-8-15)22-19(24)18-11-21-16-9-12(2)13(3)10-17(16)23(18)20(22)25/h5-11,18H,4H2,1-3H3. The third-order valence-electron chi connectivity index (χ3n) is 4.76. The molecule has 1 fully saturated rings. The summed E-state index contributed by atoms with van der Waals surface area (Å²) in [5, 5.41) is 0. The zero-order chi connectivity index (χ0) is 18.4. The molecule has 26 heavy (non-hydrogen) atoms. The van der Waals surface area contributed by atoms with E-state index in [-0.39, 0.29) is 11.9 Å². The van der Waals surface area contributed by atoms with E-state index < -0.39 is 6.04 Å². The fourth-order valence-corrected chi connectivity index (χ4v) is 3.28. The van der Waals surface area contributed by atoms with Gasteiger partial charge in [-0.3, -0.25) is 14.7 Å². The topological polar surface area (TPSA) is 62.2 Å². The second-order valence-corrected chi connectivity index (χ2v) is 6.40. The maximum absolute atomic E-state index is 13.1. The smallest absolute Gasteiger partial charge is 0.337 e. The van der Waals surface area contributed by atoms with E-state index in [1.54, 1.807) is 30.5 Å². The van der Waals surface area contributed by atoms with Gasteiger partial charge in [0.1, 0.15) is 5.75 Å². The summed E-state index contributed by atoms with van der Waals surface area (Å²) in [6.07, 6.45) is 1.55. The second-order valence-electron chi connectivity index (χ2n) is 6.40. The molecule has 0 spiro atoms. The Balaban J connectivity index is 1.73. The Bertz CT molecular complexity index is 934. The summed E-state index contributed by atoms with van der Waals surface area (Å²) in [5.74, 6) is 0.401. The highest BCUT2D eigenvalue weighted by Crippen LogP contribution is 2.40. The van der Waals surface area contributed by atoms with Crippen molar-refractivity contribution in [3.63, 3.8) is 0 Å². The van der Waals surface area contributed by atoms with E-state index in [1.807, 2.05) is 32.9 Å². The van der Waals surface area contributed by atoms with Crippen molar-refractivity contribution >= 4 is 35.2 Å². The van der Waals surface area contributed by atoms with Gasteiger partial charge in [-0.25, -0.2) is 9.69 Å². The molecule has 0 N–H and O–H groups in total. The van der Waals surface area contributed by atoms with Crippen LogP contribution in [0.2, 0.25) is 0 Å². The number of aryl methyl sites for hydroxylation is 2. The van der Waals surface area contributed by atoms with Crippen LogP contribution in [-0.4, -0.2) is 30.8 Å². The van der Waals surface area contributed by atoms with Crippen LogP contribution in [0.5, 0.6) is 5.75 Å². The van der Waals surface area contributed by atoms with Crippen LogP contribution < -0.4 is 14.5 Å². The molecule has 1 atom stereocenters. The van der Waals surface area contributed by atoms with E-state index in [2.05, 4.69) is 4.99 Å². The maximum atomic E-state index is 13.1. The number of carbonyl (C=O) groups is 2. The Morgan fingerprint density at radius 3 is 2.46 bits per heavy atom. The number of carbonyl (C=O) groups excluding carboxylic acids is 2. The number of nitrogens with zero attached hydrogens (tertiary/aromatic N) is 3. The largest absolute Gasteiger partial charge is 0.494 e. The molecule has 2 heterocycles. The molecule has 1 unspecified atom stereocenters. The number of aliphatic imine (C=N–C) groups is 1. The monoisotopic (exact) mass is 349 g/mol. The van der Waals surface area contributed by atoms with Gasteiger partial charge < -0.3 is 4.74 Å². The fourth-order valence-electron chi connectivity index (χ4n) is 3.28. The molecule has 0 bridgehead atoms. The van der Waals surface area contributed by atoms with Gasteiger partial charge in [0, 0.05) is 6.21 Å². The summed E-state index contributed by atoms with van der Waals surface area (Å²) in [6.45, 7) is 6.44. The Kier molecular flexibility index (Phi) is 3.76. The summed E-state index contributed by atoms with van der Waals surface area (Å²) < 4.78 is 5.42. The van der Waals surface area contributed by atoms with Crippen molar-refractivity contribution in [2.45, 2.75) is 26.8 Å². The van der Waals surface area contributed by atoms with E-state index in [4.69, 9.17) is 4.74 Å². The molecule has 2 aromatic carbocycles. The first-order valence-corrected chi connectivity index (χ1v) is 8.56. The molecule has 0 radical (unpaired) electrons. The molecule has 3 amide bonds. The number of hydrogen-bond donors (Lipinski definition) is 0. The minimum Gasteiger partial charge on any atom is -0.494 e. The average molecular weight is 349 g/mol. The molecule has 6 nitrogen and oxygen atoms in total. The fraction of sp³-hybridized carbons (Fsp3) is 0.250. The molecular formula is C20H19N3O3. The number of fused-ring (bicyclic) bond motifs is 3. The number of benzene rings is 2. The first-order chi connectivity index (χ1) is 12.5. The highest BCUT2D eigenvalue weighted by Gasteiger charge is 2.48. The lowest BCUT2D eigenvalue weighted by Crippen LogP contribution is -2.38. The summed E-state index contributed by atoms with van der Waals surface area (Å²) in [4.78, 5) is 33.1. The van der Waals surface area contributed by atoms with Gasteiger partial charge in [0.15, 0.2) is 6.04 Å². The van der Waals surface area contributed by atoms with E-state index >= 15 is 0 Å². The quantitative estimate of drug-likeness (QED) is 0.793. The van der Waals surface area contributed by atoms with Crippen LogP contribution in [0.4, 0.5) is 21.9 Å². The lowest BCUT2D eigenvalue weighted by Gasteiger charge is -2.25. The normalized spacial score (nSPS) is 18.2. The number of rotatable bonds is 3. The molecule has 0 aromatic heterocycles. The van der Waals surface area contributed by atoms with Crippen LogP contribution >= 0.6 is 0 Å². The van der Waals surface area contributed by atoms with E-state index in [0.717, 1.165) is 11.1 Å². The van der Waals surface area contributed by atoms with Crippen molar-refractivity contribution in [2.75, 3.05) is 16.4 Å². The highest BCUT2D eigenvalue weighted by atomic mass is 16.5. The third kappa shape index (κ3) is 2.37. The zero-order valence-corrected chi connectivity index (χ0v) is 14.9. The van der Waals surface area contributed by atoms with Gasteiger partial charge in [-0.2, -0.15) is 0 Å². The molecule has 0 aliphatic carbocycles. The van der Waals surface area contributed by atoms with E-state index in [9.17, 15) is 9.59 Å². The Labute approximate surface area is 151 Å². The van der Waals surface area contributed by atoms with Crippen molar-refractivity contribution in [1.82, 2.24) is 0 Å². The summed E-state index contributed by atoms with van der Waals surface area (Å²) in [7, 11) is 0. The van der Waals surface area contributed by atoms with Crippen LogP contribution in [0.3, 0.4) is 0 Å². The highest BCUT2D eigenvalue weighted by molar-refractivity contribution is 6.34. The molecule has 4 rings (SSSR count). The minimum absolute atomic E-state index is 0.299. The third-order valence-corrected chi connectivity index (χ3v) is 4.76. The molecule has 132 valence electrons. The number of ether oxygens (including phenoxy) is 1. The Morgan fingerprint density at radius 1 is 1.08 bits per heavy atom. The van der Waals surface area contributed by atoms with Crippen molar-refractivity contribution in [2.24, 2.45) is 4.99 Å². The van der Waals surface area contributed by atoms with Crippen molar-refractivity contribution < 1.29 is 14.3 Å². The number of amides is 3. The van der Waals surface area contributed by atoms with Crippen LogP contribution in [0, 0.1) is 13.8 Å².